The number of rotatable bonds is 4. The fourth-order valence-corrected chi connectivity index (χ4v) is 4.46. The van der Waals surface area contributed by atoms with Crippen LogP contribution in [0.15, 0.2) is 45.7 Å². The molecular weight excluding hydrogens is 449 g/mol. The van der Waals surface area contributed by atoms with Crippen LogP contribution in [0.3, 0.4) is 0 Å². The Bertz CT molecular complexity index is 1290. The Balaban J connectivity index is 1.66. The van der Waals surface area contributed by atoms with E-state index in [0.29, 0.717) is 35.0 Å². The number of anilines is 1. The number of hydrogen-bond donors (Lipinski definition) is 4. The summed E-state index contributed by atoms with van der Waals surface area (Å²) in [7, 11) is 0. The molecule has 1 saturated heterocycles. The van der Waals surface area contributed by atoms with Gasteiger partial charge in [0.15, 0.2) is 0 Å². The number of hydrogen-bond acceptors (Lipinski definition) is 4. The van der Waals surface area contributed by atoms with E-state index >= 15 is 0 Å². The third-order valence-electron chi connectivity index (χ3n) is 5.59. The summed E-state index contributed by atoms with van der Waals surface area (Å²) in [4.78, 5) is 23.7. The van der Waals surface area contributed by atoms with E-state index in [0.717, 1.165) is 34.0 Å². The predicted octanol–water partition coefficient (Wildman–Crippen LogP) is 4.53. The number of benzene rings is 2. The first-order valence-electron chi connectivity index (χ1n) is 10.1. The van der Waals surface area contributed by atoms with Gasteiger partial charge in [-0.15, -0.1) is 0 Å². The number of pyridine rings is 1. The highest BCUT2D eigenvalue weighted by atomic mass is 79.9. The van der Waals surface area contributed by atoms with E-state index in [1.165, 1.54) is 25.0 Å². The number of aromatic nitrogens is 3. The van der Waals surface area contributed by atoms with Crippen LogP contribution in [0.2, 0.25) is 0 Å². The van der Waals surface area contributed by atoms with E-state index < -0.39 is 0 Å². The van der Waals surface area contributed by atoms with Gasteiger partial charge >= 0.3 is 0 Å². The van der Waals surface area contributed by atoms with Gasteiger partial charge in [-0.05, 0) is 55.8 Å². The maximum Gasteiger partial charge on any atom is 0.261 e. The molecule has 1 aliphatic heterocycles. The van der Waals surface area contributed by atoms with Crippen LogP contribution in [0.4, 0.5) is 10.1 Å². The molecule has 5 rings (SSSR count). The Morgan fingerprint density at radius 1 is 1.13 bits per heavy atom. The van der Waals surface area contributed by atoms with Crippen LogP contribution in [0.5, 0.6) is 0 Å². The monoisotopic (exact) mass is 469 g/mol. The molecule has 4 N–H and O–H groups in total. The van der Waals surface area contributed by atoms with Crippen LogP contribution in [-0.4, -0.2) is 34.1 Å². The maximum atomic E-state index is 13.6. The molecule has 1 fully saturated rings. The zero-order valence-electron chi connectivity index (χ0n) is 16.2. The first kappa shape index (κ1) is 19.3. The molecule has 0 bridgehead atoms. The summed E-state index contributed by atoms with van der Waals surface area (Å²) in [5.74, 6) is 0.0635. The maximum absolute atomic E-state index is 13.6. The van der Waals surface area contributed by atoms with Crippen molar-refractivity contribution in [2.75, 3.05) is 18.4 Å². The SMILES string of the molecule is O=c1[nH]c2ccc(Br)cc2c(NCC2CCCCN2)c1-c1nc2ccc(F)cc2[nH]1. The standard InChI is InChI=1S/C22H21BrFN5O/c23-12-4-6-16-15(9-12)20(26-11-14-3-1-2-8-25-14)19(22(30)29-16)21-27-17-7-5-13(24)10-18(17)28-21/h4-7,9-10,14,25H,1-3,8,11H2,(H,27,28)(H2,26,29,30). The molecule has 8 heteroatoms. The average Bonchev–Trinajstić information content (AvgIpc) is 3.15. The second-order valence-corrected chi connectivity index (χ2v) is 8.58. The van der Waals surface area contributed by atoms with Crippen LogP contribution < -0.4 is 16.2 Å². The molecule has 3 heterocycles. The lowest BCUT2D eigenvalue weighted by molar-refractivity contribution is 0.414. The molecule has 154 valence electrons. The van der Waals surface area contributed by atoms with E-state index in [2.05, 4.69) is 41.5 Å². The number of halogens is 2. The highest BCUT2D eigenvalue weighted by Gasteiger charge is 2.20. The lowest BCUT2D eigenvalue weighted by Gasteiger charge is -2.25. The van der Waals surface area contributed by atoms with Crippen molar-refractivity contribution < 1.29 is 4.39 Å². The number of piperidine rings is 1. The van der Waals surface area contributed by atoms with Gasteiger partial charge in [-0.1, -0.05) is 22.4 Å². The lowest BCUT2D eigenvalue weighted by atomic mass is 10.0. The summed E-state index contributed by atoms with van der Waals surface area (Å²) < 4.78 is 14.6. The lowest BCUT2D eigenvalue weighted by Crippen LogP contribution is -2.39. The molecule has 6 nitrogen and oxygen atoms in total. The number of H-pyrrole nitrogens is 2. The summed E-state index contributed by atoms with van der Waals surface area (Å²) in [5, 5.41) is 7.93. The summed E-state index contributed by atoms with van der Waals surface area (Å²) >= 11 is 3.53. The van der Waals surface area contributed by atoms with Crippen molar-refractivity contribution in [1.82, 2.24) is 20.3 Å². The Kier molecular flexibility index (Phi) is 5.04. The topological polar surface area (TPSA) is 85.6 Å². The number of nitrogens with zero attached hydrogens (tertiary/aromatic N) is 1. The molecule has 0 radical (unpaired) electrons. The number of nitrogens with one attached hydrogen (secondary N) is 4. The molecule has 0 spiro atoms. The molecule has 1 unspecified atom stereocenters. The van der Waals surface area contributed by atoms with Gasteiger partial charge in [-0.25, -0.2) is 9.37 Å². The molecule has 1 atom stereocenters. The van der Waals surface area contributed by atoms with Gasteiger partial charge in [0, 0.05) is 22.4 Å². The Morgan fingerprint density at radius 2 is 2.03 bits per heavy atom. The minimum absolute atomic E-state index is 0.247. The van der Waals surface area contributed by atoms with Crippen molar-refractivity contribution in [3.8, 4) is 11.4 Å². The van der Waals surface area contributed by atoms with Crippen LogP contribution in [0.25, 0.3) is 33.3 Å². The van der Waals surface area contributed by atoms with Crippen molar-refractivity contribution in [2.45, 2.75) is 25.3 Å². The molecular formula is C22H21BrFN5O. The normalized spacial score (nSPS) is 16.9. The van der Waals surface area contributed by atoms with Gasteiger partial charge in [0.1, 0.15) is 17.2 Å². The predicted molar refractivity (Wildman–Crippen MR) is 121 cm³/mol. The number of aromatic amines is 2. The van der Waals surface area contributed by atoms with E-state index in [-0.39, 0.29) is 11.4 Å². The molecule has 1 aliphatic rings. The van der Waals surface area contributed by atoms with E-state index in [9.17, 15) is 9.18 Å². The second kappa shape index (κ2) is 7.85. The molecule has 0 saturated carbocycles. The van der Waals surface area contributed by atoms with E-state index in [1.54, 1.807) is 6.07 Å². The van der Waals surface area contributed by atoms with Gasteiger partial charge in [-0.3, -0.25) is 4.79 Å². The fourth-order valence-electron chi connectivity index (χ4n) is 4.10. The average molecular weight is 470 g/mol. The third kappa shape index (κ3) is 3.61. The number of imidazole rings is 1. The molecule has 2 aromatic heterocycles. The van der Waals surface area contributed by atoms with Crippen molar-refractivity contribution in [3.63, 3.8) is 0 Å². The van der Waals surface area contributed by atoms with Crippen molar-refractivity contribution >= 4 is 43.6 Å². The third-order valence-corrected chi connectivity index (χ3v) is 6.09. The summed E-state index contributed by atoms with van der Waals surface area (Å²) in [6, 6.07) is 10.5. The molecule has 0 amide bonds. The van der Waals surface area contributed by atoms with Crippen LogP contribution in [0.1, 0.15) is 19.3 Å². The summed E-state index contributed by atoms with van der Waals surface area (Å²) in [6.07, 6.45) is 3.48. The molecule has 4 aromatic rings. The minimum Gasteiger partial charge on any atom is -0.382 e. The quantitative estimate of drug-likeness (QED) is 0.353. The van der Waals surface area contributed by atoms with Crippen LogP contribution in [-0.2, 0) is 0 Å². The first-order chi connectivity index (χ1) is 14.6. The molecule has 2 aromatic carbocycles. The number of fused-ring (bicyclic) bond motifs is 2. The van der Waals surface area contributed by atoms with Gasteiger partial charge in [0.05, 0.1) is 22.2 Å². The van der Waals surface area contributed by atoms with Crippen molar-refractivity contribution in [2.24, 2.45) is 0 Å². The van der Waals surface area contributed by atoms with E-state index in [4.69, 9.17) is 0 Å². The van der Waals surface area contributed by atoms with Crippen LogP contribution >= 0.6 is 15.9 Å². The van der Waals surface area contributed by atoms with Gasteiger partial charge in [-0.2, -0.15) is 0 Å². The van der Waals surface area contributed by atoms with Crippen molar-refractivity contribution in [3.05, 3.63) is 57.0 Å². The minimum atomic E-state index is -0.351. The zero-order valence-corrected chi connectivity index (χ0v) is 17.8. The highest BCUT2D eigenvalue weighted by molar-refractivity contribution is 9.10. The molecule has 0 aliphatic carbocycles. The van der Waals surface area contributed by atoms with Crippen molar-refractivity contribution in [1.29, 1.82) is 0 Å². The van der Waals surface area contributed by atoms with Crippen LogP contribution in [0, 0.1) is 5.82 Å². The van der Waals surface area contributed by atoms with Gasteiger partial charge in [0.2, 0.25) is 0 Å². The summed E-state index contributed by atoms with van der Waals surface area (Å²) in [5.41, 5.74) is 2.81. The Morgan fingerprint density at radius 3 is 2.87 bits per heavy atom. The largest absolute Gasteiger partial charge is 0.382 e. The zero-order chi connectivity index (χ0) is 20.7. The van der Waals surface area contributed by atoms with Gasteiger partial charge in [0.25, 0.3) is 5.56 Å². The van der Waals surface area contributed by atoms with Gasteiger partial charge < -0.3 is 20.6 Å². The fraction of sp³-hybridized carbons (Fsp3) is 0.273. The second-order valence-electron chi connectivity index (χ2n) is 7.67. The summed E-state index contributed by atoms with van der Waals surface area (Å²) in [6.45, 7) is 1.71. The first-order valence-corrected chi connectivity index (χ1v) is 10.9. The highest BCUT2D eigenvalue weighted by Crippen LogP contribution is 2.32. The smallest absolute Gasteiger partial charge is 0.261 e. The van der Waals surface area contributed by atoms with E-state index in [1.807, 2.05) is 18.2 Å². The molecule has 30 heavy (non-hydrogen) atoms. The Hall–Kier alpha value is -2.71. The Labute approximate surface area is 180 Å².